The normalized spacial score (nSPS) is 16.8. The van der Waals surface area contributed by atoms with Crippen LogP contribution in [0, 0.1) is 0 Å². The summed E-state index contributed by atoms with van der Waals surface area (Å²) in [6, 6.07) is 0.632. The fraction of sp³-hybridized carbons (Fsp3) is 0.769. The summed E-state index contributed by atoms with van der Waals surface area (Å²) in [5, 5.41) is 3.32. The number of nitrogens with zero attached hydrogens (tertiary/aromatic N) is 3. The molecule has 96 valence electrons. The Bertz CT molecular complexity index is 341. The largest absolute Gasteiger partial charge is 0.334 e. The molecule has 1 aromatic rings. The molecule has 0 aromatic carbocycles. The first-order valence-corrected chi connectivity index (χ1v) is 6.59. The third-order valence-corrected chi connectivity index (χ3v) is 3.74. The van der Waals surface area contributed by atoms with Crippen molar-refractivity contribution in [2.45, 2.75) is 38.8 Å². The van der Waals surface area contributed by atoms with E-state index in [0.717, 1.165) is 26.2 Å². The van der Waals surface area contributed by atoms with Gasteiger partial charge in [-0.1, -0.05) is 0 Å². The van der Waals surface area contributed by atoms with Crippen molar-refractivity contribution in [2.75, 3.05) is 26.7 Å². The highest BCUT2D eigenvalue weighted by atomic mass is 15.1. The Kier molecular flexibility index (Phi) is 4.18. The minimum absolute atomic E-state index is 0.632. The number of nitrogens with one attached hydrogen (secondary N) is 1. The van der Waals surface area contributed by atoms with Crippen LogP contribution >= 0.6 is 0 Å². The maximum atomic E-state index is 4.28. The second-order valence-electron chi connectivity index (χ2n) is 5.29. The minimum atomic E-state index is 0.632. The Morgan fingerprint density at radius 1 is 1.53 bits per heavy atom. The molecular formula is C13H24N4. The molecule has 0 atom stereocenters. The zero-order chi connectivity index (χ0) is 12.3. The van der Waals surface area contributed by atoms with Crippen molar-refractivity contribution < 1.29 is 0 Å². The van der Waals surface area contributed by atoms with Crippen molar-refractivity contribution in [2.24, 2.45) is 0 Å². The average Bonchev–Trinajstić information content (AvgIpc) is 2.63. The molecule has 2 heterocycles. The Morgan fingerprint density at radius 2 is 2.29 bits per heavy atom. The molecule has 1 saturated heterocycles. The summed E-state index contributed by atoms with van der Waals surface area (Å²) in [4.78, 5) is 6.67. The van der Waals surface area contributed by atoms with Gasteiger partial charge in [0.2, 0.25) is 0 Å². The monoisotopic (exact) mass is 236 g/mol. The van der Waals surface area contributed by atoms with Crippen molar-refractivity contribution in [1.82, 2.24) is 19.8 Å². The van der Waals surface area contributed by atoms with Gasteiger partial charge in [0.05, 0.1) is 6.33 Å². The summed E-state index contributed by atoms with van der Waals surface area (Å²) in [7, 11) is 2.19. The zero-order valence-corrected chi connectivity index (χ0v) is 11.2. The van der Waals surface area contributed by atoms with Gasteiger partial charge in [0.1, 0.15) is 0 Å². The highest BCUT2D eigenvalue weighted by Gasteiger charge is 2.22. The summed E-state index contributed by atoms with van der Waals surface area (Å²) in [6.07, 6.45) is 5.19. The lowest BCUT2D eigenvalue weighted by Gasteiger charge is -2.28. The second kappa shape index (κ2) is 5.65. The molecule has 1 aliphatic heterocycles. The summed E-state index contributed by atoms with van der Waals surface area (Å²) < 4.78 is 2.32. The predicted octanol–water partition coefficient (Wildman–Crippen LogP) is 1.30. The van der Waals surface area contributed by atoms with E-state index in [4.69, 9.17) is 0 Å². The molecule has 1 fully saturated rings. The molecule has 0 spiro atoms. The molecule has 0 saturated carbocycles. The topological polar surface area (TPSA) is 33.1 Å². The van der Waals surface area contributed by atoms with Crippen LogP contribution in [0.2, 0.25) is 0 Å². The molecule has 1 aliphatic rings. The van der Waals surface area contributed by atoms with Crippen LogP contribution in [-0.2, 0) is 6.54 Å². The quantitative estimate of drug-likeness (QED) is 0.808. The molecule has 2 rings (SSSR count). The summed E-state index contributed by atoms with van der Waals surface area (Å²) in [5.74, 6) is 0.681. The van der Waals surface area contributed by atoms with Gasteiger partial charge in [-0.25, -0.2) is 4.98 Å². The maximum absolute atomic E-state index is 4.28. The van der Waals surface area contributed by atoms with Crippen LogP contribution in [0.3, 0.4) is 0 Å². The fourth-order valence-electron chi connectivity index (χ4n) is 2.10. The summed E-state index contributed by atoms with van der Waals surface area (Å²) >= 11 is 0. The van der Waals surface area contributed by atoms with Gasteiger partial charge in [0.25, 0.3) is 0 Å². The van der Waals surface area contributed by atoms with Crippen molar-refractivity contribution >= 4 is 0 Å². The molecule has 0 amide bonds. The van der Waals surface area contributed by atoms with E-state index in [-0.39, 0.29) is 0 Å². The Balaban J connectivity index is 1.80. The SMILES string of the molecule is CC(C)N(C)CCCn1cncc1C1CNC1. The third kappa shape index (κ3) is 3.07. The molecule has 1 N–H and O–H groups in total. The van der Waals surface area contributed by atoms with E-state index < -0.39 is 0 Å². The highest BCUT2D eigenvalue weighted by molar-refractivity contribution is 5.11. The number of hydrogen-bond acceptors (Lipinski definition) is 3. The first kappa shape index (κ1) is 12.6. The van der Waals surface area contributed by atoms with Crippen molar-refractivity contribution in [1.29, 1.82) is 0 Å². The van der Waals surface area contributed by atoms with E-state index in [1.165, 1.54) is 12.1 Å². The van der Waals surface area contributed by atoms with Gasteiger partial charge in [-0.3, -0.25) is 0 Å². The van der Waals surface area contributed by atoms with Crippen LogP contribution in [0.5, 0.6) is 0 Å². The fourth-order valence-corrected chi connectivity index (χ4v) is 2.10. The minimum Gasteiger partial charge on any atom is -0.334 e. The van der Waals surface area contributed by atoms with Gasteiger partial charge in [0.15, 0.2) is 0 Å². The number of aryl methyl sites for hydroxylation is 1. The Hall–Kier alpha value is -0.870. The lowest BCUT2D eigenvalue weighted by atomic mass is 10.00. The number of imidazole rings is 1. The van der Waals surface area contributed by atoms with E-state index in [1.807, 2.05) is 12.5 Å². The van der Waals surface area contributed by atoms with Gasteiger partial charge >= 0.3 is 0 Å². The highest BCUT2D eigenvalue weighted by Crippen LogP contribution is 2.19. The number of hydrogen-bond donors (Lipinski definition) is 1. The van der Waals surface area contributed by atoms with Gasteiger partial charge in [0, 0.05) is 43.5 Å². The molecule has 0 bridgehead atoms. The lowest BCUT2D eigenvalue weighted by molar-refractivity contribution is 0.264. The summed E-state index contributed by atoms with van der Waals surface area (Å²) in [6.45, 7) is 8.93. The molecular weight excluding hydrogens is 212 g/mol. The second-order valence-corrected chi connectivity index (χ2v) is 5.29. The summed E-state index contributed by atoms with van der Waals surface area (Å²) in [5.41, 5.74) is 1.40. The van der Waals surface area contributed by atoms with Crippen molar-refractivity contribution in [3.63, 3.8) is 0 Å². The van der Waals surface area contributed by atoms with Crippen LogP contribution in [0.15, 0.2) is 12.5 Å². The van der Waals surface area contributed by atoms with E-state index in [9.17, 15) is 0 Å². The molecule has 0 radical (unpaired) electrons. The van der Waals surface area contributed by atoms with E-state index in [0.29, 0.717) is 12.0 Å². The third-order valence-electron chi connectivity index (χ3n) is 3.74. The lowest BCUT2D eigenvalue weighted by Crippen LogP contribution is -2.41. The van der Waals surface area contributed by atoms with Crippen LogP contribution in [0.1, 0.15) is 31.9 Å². The standard InChI is InChI=1S/C13H24N4/c1-11(2)16(3)5-4-6-17-10-15-9-13(17)12-7-14-8-12/h9-12,14H,4-8H2,1-3H3. The van der Waals surface area contributed by atoms with Crippen LogP contribution < -0.4 is 5.32 Å². The van der Waals surface area contributed by atoms with Crippen molar-refractivity contribution in [3.05, 3.63) is 18.2 Å². The average molecular weight is 236 g/mol. The van der Waals surface area contributed by atoms with Gasteiger partial charge < -0.3 is 14.8 Å². The van der Waals surface area contributed by atoms with Crippen LogP contribution in [0.4, 0.5) is 0 Å². The van der Waals surface area contributed by atoms with Gasteiger partial charge in [-0.2, -0.15) is 0 Å². The smallest absolute Gasteiger partial charge is 0.0948 e. The molecule has 4 heteroatoms. The first-order chi connectivity index (χ1) is 8.18. The van der Waals surface area contributed by atoms with E-state index >= 15 is 0 Å². The zero-order valence-electron chi connectivity index (χ0n) is 11.2. The Morgan fingerprint density at radius 3 is 2.88 bits per heavy atom. The molecule has 4 nitrogen and oxygen atoms in total. The first-order valence-electron chi connectivity index (χ1n) is 6.59. The number of rotatable bonds is 6. The van der Waals surface area contributed by atoms with E-state index in [1.54, 1.807) is 0 Å². The van der Waals surface area contributed by atoms with Crippen LogP contribution in [-0.4, -0.2) is 47.2 Å². The van der Waals surface area contributed by atoms with Crippen molar-refractivity contribution in [3.8, 4) is 0 Å². The maximum Gasteiger partial charge on any atom is 0.0948 e. The van der Waals surface area contributed by atoms with Gasteiger partial charge in [-0.15, -0.1) is 0 Å². The molecule has 1 aromatic heterocycles. The van der Waals surface area contributed by atoms with E-state index in [2.05, 4.69) is 40.7 Å². The van der Waals surface area contributed by atoms with Crippen LogP contribution in [0.25, 0.3) is 0 Å². The molecule has 0 aliphatic carbocycles. The Labute approximate surface area is 104 Å². The molecule has 17 heavy (non-hydrogen) atoms. The molecule has 0 unspecified atom stereocenters. The predicted molar refractivity (Wildman–Crippen MR) is 70.2 cm³/mol. The van der Waals surface area contributed by atoms with Gasteiger partial charge in [-0.05, 0) is 33.9 Å². The number of aromatic nitrogens is 2.